The second kappa shape index (κ2) is 27.3. The van der Waals surface area contributed by atoms with Crippen LogP contribution in [0.5, 0.6) is 5.75 Å². The van der Waals surface area contributed by atoms with E-state index in [0.29, 0.717) is 68.5 Å². The molecule has 0 aliphatic carbocycles. The summed E-state index contributed by atoms with van der Waals surface area (Å²) in [7, 11) is 1.15. The molecular weight excluding hydrogens is 853 g/mol. The summed E-state index contributed by atoms with van der Waals surface area (Å²) in [5.41, 5.74) is 2.57. The minimum Gasteiger partial charge on any atom is -0.542 e. The fraction of sp³-hybridized carbons (Fsp3) is 0.511. The number of hydrogen-bond donors (Lipinski definition) is 3. The van der Waals surface area contributed by atoms with E-state index >= 15 is 0 Å². The molecule has 0 unspecified atom stereocenters. The minimum atomic E-state index is -1.30. The molecule has 1 aliphatic rings. The van der Waals surface area contributed by atoms with Crippen LogP contribution < -0.4 is 20.7 Å². The second-order valence-electron chi connectivity index (χ2n) is 15.8. The molecule has 18 nitrogen and oxygen atoms in total. The molecule has 19 heteroatoms. The van der Waals surface area contributed by atoms with E-state index in [4.69, 9.17) is 28.1 Å². The Bertz CT molecular complexity index is 2110. The molecule has 0 saturated carbocycles. The van der Waals surface area contributed by atoms with E-state index in [1.807, 2.05) is 32.9 Å². The van der Waals surface area contributed by atoms with Crippen molar-refractivity contribution in [3.05, 3.63) is 76.5 Å². The van der Waals surface area contributed by atoms with E-state index in [-0.39, 0.29) is 42.7 Å². The molecule has 1 aliphatic heterocycles. The van der Waals surface area contributed by atoms with E-state index in [2.05, 4.69) is 20.9 Å². The average molecular weight is 918 g/mol. The number of nitrogens with one attached hydrogen (secondary N) is 3. The lowest BCUT2D eigenvalue weighted by Crippen LogP contribution is -2.49. The molecule has 0 spiro atoms. The van der Waals surface area contributed by atoms with Gasteiger partial charge >= 0.3 is 26.0 Å². The molecule has 0 bridgehead atoms. The van der Waals surface area contributed by atoms with Gasteiger partial charge in [0.15, 0.2) is 5.76 Å². The van der Waals surface area contributed by atoms with Crippen LogP contribution >= 0.6 is 0 Å². The zero-order valence-electron chi connectivity index (χ0n) is 38.9. The number of unbranched alkanes of at least 4 members (excludes halogenated alkanes) is 3. The monoisotopic (exact) mass is 917 g/mol. The zero-order chi connectivity index (χ0) is 48.0. The molecule has 3 atom stereocenters. The number of esters is 1. The Morgan fingerprint density at radius 3 is 2.30 bits per heavy atom. The Kier molecular flexibility index (Phi) is 21.7. The minimum absolute atomic E-state index is 0.0693. The van der Waals surface area contributed by atoms with Gasteiger partial charge in [-0.1, -0.05) is 64.7 Å². The van der Waals surface area contributed by atoms with Crippen LogP contribution in [0.15, 0.2) is 52.9 Å². The predicted octanol–water partition coefficient (Wildman–Crippen LogP) is 4.42. The first kappa shape index (κ1) is 52.4. The molecule has 4 rings (SSSR count). The lowest BCUT2D eigenvalue weighted by atomic mass is 9.90. The molecule has 2 heterocycles. The molecule has 3 aromatic rings. The van der Waals surface area contributed by atoms with Crippen LogP contribution in [0, 0.1) is 12.8 Å². The van der Waals surface area contributed by atoms with Crippen LogP contribution in [0.25, 0.3) is 11.3 Å². The van der Waals surface area contributed by atoms with Gasteiger partial charge in [0.25, 0.3) is 11.8 Å². The van der Waals surface area contributed by atoms with Crippen molar-refractivity contribution >= 4 is 50.1 Å². The van der Waals surface area contributed by atoms with E-state index in [9.17, 15) is 33.6 Å². The van der Waals surface area contributed by atoms with Crippen molar-refractivity contribution in [2.24, 2.45) is 5.92 Å². The maximum Gasteiger partial charge on any atom is 0.363 e. The number of hydrogen-bond acceptors (Lipinski definition) is 14. The summed E-state index contributed by atoms with van der Waals surface area (Å²) in [6, 6.07) is 11.0. The van der Waals surface area contributed by atoms with Crippen LogP contribution in [0.2, 0.25) is 0 Å². The molecular formula is C47H64BN5O13. The number of furan rings is 1. The Labute approximate surface area is 387 Å². The molecule has 1 saturated heterocycles. The molecule has 358 valence electrons. The fourth-order valence-corrected chi connectivity index (χ4v) is 7.45. The Hall–Kier alpha value is -6.21. The van der Waals surface area contributed by atoms with Crippen LogP contribution in [0.3, 0.4) is 0 Å². The van der Waals surface area contributed by atoms with Gasteiger partial charge in [-0.15, -0.1) is 0 Å². The first-order valence-electron chi connectivity index (χ1n) is 22.7. The standard InChI is InChI=1S/C47H64BN5O13/c1-6-10-12-13-35(38(8-3)53(30-54)66-46(59)34-16-14-32(25-31(34)5)28-52-20-23-61-24-21-52)43(56)49-29-50-45(58)40-19-18-39(64-40)33-15-17-36(41(26-33)62-9-4)44(57)51-37(47(60)65-48)27-42(55)63-22-11-7-2/h14-19,25-26,30,35,37-38H,6-13,20-24,27-29,48H2,1-5H3,(H,49,56)(H,50,58)(H,51,57)/t35-,37+,38-/m1/s1. The van der Waals surface area contributed by atoms with Gasteiger partial charge in [-0.3, -0.25) is 33.7 Å². The highest BCUT2D eigenvalue weighted by atomic mass is 16.7. The van der Waals surface area contributed by atoms with Crippen molar-refractivity contribution in [2.45, 2.75) is 105 Å². The van der Waals surface area contributed by atoms with Crippen molar-refractivity contribution < 1.29 is 61.7 Å². The van der Waals surface area contributed by atoms with Crippen molar-refractivity contribution in [1.29, 1.82) is 0 Å². The van der Waals surface area contributed by atoms with Crippen molar-refractivity contribution in [2.75, 3.05) is 46.2 Å². The summed E-state index contributed by atoms with van der Waals surface area (Å²) < 4.78 is 27.0. The molecule has 0 radical (unpaired) electrons. The lowest BCUT2D eigenvalue weighted by molar-refractivity contribution is -0.171. The van der Waals surface area contributed by atoms with E-state index in [1.165, 1.54) is 12.1 Å². The molecule has 1 fully saturated rings. The van der Waals surface area contributed by atoms with Crippen LogP contribution in [0.1, 0.15) is 121 Å². The third-order valence-corrected chi connectivity index (χ3v) is 11.1. The van der Waals surface area contributed by atoms with E-state index < -0.39 is 60.1 Å². The summed E-state index contributed by atoms with van der Waals surface area (Å²) in [6.45, 7) is 13.1. The molecule has 1 aromatic heterocycles. The number of ether oxygens (including phenoxy) is 3. The normalized spacial score (nSPS) is 13.9. The largest absolute Gasteiger partial charge is 0.542 e. The van der Waals surface area contributed by atoms with Gasteiger partial charge < -0.3 is 44.1 Å². The highest BCUT2D eigenvalue weighted by Crippen LogP contribution is 2.30. The number of nitrogens with zero attached hydrogens (tertiary/aromatic N) is 2. The SMILES string of the molecule is BOC(=O)[C@H](CC(=O)OCCCC)NC(=O)c1ccc(-c2ccc(C(=O)NCNC(=O)[C@H](CCCCC)[C@@H](CC)N(C=O)OC(=O)c3ccc(CN4CCOCC4)cc3C)o2)cc1OCC. The van der Waals surface area contributed by atoms with Gasteiger partial charge in [0.1, 0.15) is 17.6 Å². The smallest absolute Gasteiger partial charge is 0.363 e. The summed E-state index contributed by atoms with van der Waals surface area (Å²) in [5.74, 6) is -4.39. The van der Waals surface area contributed by atoms with Gasteiger partial charge in [0, 0.05) is 25.2 Å². The third kappa shape index (κ3) is 15.5. The number of benzene rings is 2. The summed E-state index contributed by atoms with van der Waals surface area (Å²) in [4.78, 5) is 99.0. The van der Waals surface area contributed by atoms with E-state index in [0.717, 1.165) is 51.0 Å². The zero-order valence-corrected chi connectivity index (χ0v) is 38.9. The number of carbonyl (C=O) groups excluding carboxylic acids is 7. The van der Waals surface area contributed by atoms with Gasteiger partial charge in [-0.05, 0) is 74.6 Å². The van der Waals surface area contributed by atoms with Gasteiger partial charge in [-0.2, -0.15) is 5.06 Å². The van der Waals surface area contributed by atoms with Crippen LogP contribution in [-0.4, -0.2) is 118 Å². The summed E-state index contributed by atoms with van der Waals surface area (Å²) >= 11 is 0. The Morgan fingerprint density at radius 2 is 1.64 bits per heavy atom. The first-order chi connectivity index (χ1) is 31.9. The number of rotatable bonds is 27. The third-order valence-electron chi connectivity index (χ3n) is 11.1. The average Bonchev–Trinajstić information content (AvgIpc) is 3.82. The van der Waals surface area contributed by atoms with Crippen molar-refractivity contribution in [3.8, 4) is 17.1 Å². The van der Waals surface area contributed by atoms with Crippen LogP contribution in [0.4, 0.5) is 0 Å². The highest BCUT2D eigenvalue weighted by molar-refractivity contribution is 6.08. The first-order valence-corrected chi connectivity index (χ1v) is 22.7. The van der Waals surface area contributed by atoms with Crippen molar-refractivity contribution in [3.63, 3.8) is 0 Å². The molecule has 2 aromatic carbocycles. The number of aryl methyl sites for hydroxylation is 1. The topological polar surface area (TPSA) is 221 Å². The molecule has 3 N–H and O–H groups in total. The van der Waals surface area contributed by atoms with Gasteiger partial charge in [0.05, 0.1) is 62.6 Å². The lowest BCUT2D eigenvalue weighted by Gasteiger charge is -2.32. The maximum atomic E-state index is 13.8. The summed E-state index contributed by atoms with van der Waals surface area (Å²) in [5, 5.41) is 8.83. The highest BCUT2D eigenvalue weighted by Gasteiger charge is 2.34. The van der Waals surface area contributed by atoms with Crippen molar-refractivity contribution in [1.82, 2.24) is 25.9 Å². The number of amides is 4. The Balaban J connectivity index is 1.39. The summed E-state index contributed by atoms with van der Waals surface area (Å²) in [6.07, 6.45) is 4.57. The van der Waals surface area contributed by atoms with E-state index in [1.54, 1.807) is 38.1 Å². The number of morpholine rings is 1. The maximum absolute atomic E-state index is 13.8. The number of carbonyl (C=O) groups is 7. The Morgan fingerprint density at radius 1 is 0.894 bits per heavy atom. The van der Waals surface area contributed by atoms with Gasteiger partial charge in [0.2, 0.25) is 12.3 Å². The molecule has 4 amide bonds. The quantitative estimate of drug-likeness (QED) is 0.0241. The molecule has 66 heavy (non-hydrogen) atoms. The van der Waals surface area contributed by atoms with Gasteiger partial charge in [-0.25, -0.2) is 4.79 Å². The van der Waals surface area contributed by atoms with Crippen LogP contribution in [-0.2, 0) is 44.7 Å². The number of hydroxylamine groups is 2. The second-order valence-corrected chi connectivity index (χ2v) is 15.8. The predicted molar refractivity (Wildman–Crippen MR) is 244 cm³/mol. The fourth-order valence-electron chi connectivity index (χ4n) is 7.45.